The maximum atomic E-state index is 10.6. The fourth-order valence-electron chi connectivity index (χ4n) is 1.34. The van der Waals surface area contributed by atoms with Gasteiger partial charge in [0.25, 0.3) is 0 Å². The zero-order chi connectivity index (χ0) is 12.7. The van der Waals surface area contributed by atoms with Gasteiger partial charge in [-0.1, -0.05) is 42.5 Å². The van der Waals surface area contributed by atoms with E-state index in [4.69, 9.17) is 22.7 Å². The Bertz CT molecular complexity index is 370. The lowest BCUT2D eigenvalue weighted by Crippen LogP contribution is -2.44. The maximum absolute atomic E-state index is 10.6. The molecule has 0 heterocycles. The van der Waals surface area contributed by atoms with Crippen LogP contribution in [0.25, 0.3) is 0 Å². The summed E-state index contributed by atoms with van der Waals surface area (Å²) in [7, 11) is 1.63. The third-order valence-corrected chi connectivity index (χ3v) is 2.65. The Kier molecular flexibility index (Phi) is 5.59. The molecule has 4 nitrogen and oxygen atoms in total. The van der Waals surface area contributed by atoms with Gasteiger partial charge in [0.1, 0.15) is 6.04 Å². The highest BCUT2D eigenvalue weighted by Crippen LogP contribution is 2.03. The van der Waals surface area contributed by atoms with Gasteiger partial charge >= 0.3 is 0 Å². The lowest BCUT2D eigenvalue weighted by Gasteiger charge is -2.23. The second-order valence-electron chi connectivity index (χ2n) is 3.69. The summed E-state index contributed by atoms with van der Waals surface area (Å²) in [5, 5.41) is 0. The average molecular weight is 252 g/mol. The van der Waals surface area contributed by atoms with E-state index in [1.165, 1.54) is 4.90 Å². The van der Waals surface area contributed by atoms with Crippen LogP contribution in [0.5, 0.6) is 0 Å². The molecule has 5 heteroatoms. The molecule has 1 atom stereocenters. The van der Waals surface area contributed by atoms with Gasteiger partial charge < -0.3 is 15.4 Å². The smallest absolute Gasteiger partial charge is 0.210 e. The van der Waals surface area contributed by atoms with Crippen molar-refractivity contribution in [3.63, 3.8) is 0 Å². The molecule has 0 saturated heterocycles. The minimum atomic E-state index is -0.355. The molecule has 0 radical (unpaired) electrons. The first-order valence-corrected chi connectivity index (χ1v) is 5.64. The lowest BCUT2D eigenvalue weighted by molar-refractivity contribution is -0.118. The molecule has 0 bridgehead atoms. The molecule has 1 amide bonds. The van der Waals surface area contributed by atoms with Gasteiger partial charge in [0.05, 0.1) is 18.2 Å². The largest absolute Gasteiger partial charge is 0.392 e. The number of thiocarbonyl (C=S) groups is 1. The zero-order valence-electron chi connectivity index (χ0n) is 9.70. The highest BCUT2D eigenvalue weighted by atomic mass is 32.1. The Morgan fingerprint density at radius 2 is 2.18 bits per heavy atom. The molecule has 0 saturated carbocycles. The Labute approximate surface area is 106 Å². The molecular weight excluding hydrogens is 236 g/mol. The van der Waals surface area contributed by atoms with Crippen LogP contribution in [0.2, 0.25) is 0 Å². The summed E-state index contributed by atoms with van der Waals surface area (Å²) < 4.78 is 5.50. The van der Waals surface area contributed by atoms with Crippen LogP contribution in [0, 0.1) is 0 Å². The molecule has 0 aliphatic rings. The summed E-state index contributed by atoms with van der Waals surface area (Å²) >= 11 is 4.89. The summed E-state index contributed by atoms with van der Waals surface area (Å²) in [6.07, 6.45) is 0.690. The first kappa shape index (κ1) is 13.6. The predicted octanol–water partition coefficient (Wildman–Crippen LogP) is 0.946. The van der Waals surface area contributed by atoms with Gasteiger partial charge in [-0.25, -0.2) is 0 Å². The fraction of sp³-hybridized carbons (Fsp3) is 0.333. The van der Waals surface area contributed by atoms with Crippen molar-refractivity contribution < 1.29 is 9.53 Å². The topological polar surface area (TPSA) is 55.6 Å². The Morgan fingerprint density at radius 1 is 1.53 bits per heavy atom. The summed E-state index contributed by atoms with van der Waals surface area (Å²) in [4.78, 5) is 12.3. The van der Waals surface area contributed by atoms with Crippen molar-refractivity contribution in [3.8, 4) is 0 Å². The number of benzene rings is 1. The van der Waals surface area contributed by atoms with Crippen LogP contribution in [0.4, 0.5) is 0 Å². The summed E-state index contributed by atoms with van der Waals surface area (Å²) in [6.45, 7) is 0.784. The summed E-state index contributed by atoms with van der Waals surface area (Å²) in [5.41, 5.74) is 6.62. The number of hydrogen-bond acceptors (Lipinski definition) is 3. The minimum Gasteiger partial charge on any atom is -0.392 e. The number of carbonyl (C=O) groups is 1. The van der Waals surface area contributed by atoms with Gasteiger partial charge in [-0.2, -0.15) is 0 Å². The average Bonchev–Trinajstić information content (AvgIpc) is 2.34. The SMILES string of the molecule is CN(C=O)C(COCc1ccccc1)C(N)=S. The molecule has 0 aromatic heterocycles. The molecule has 0 aliphatic heterocycles. The van der Waals surface area contributed by atoms with Crippen LogP contribution in [0.3, 0.4) is 0 Å². The monoisotopic (exact) mass is 252 g/mol. The van der Waals surface area contributed by atoms with Crippen molar-refractivity contribution in [1.82, 2.24) is 4.90 Å². The third kappa shape index (κ3) is 4.50. The van der Waals surface area contributed by atoms with E-state index < -0.39 is 0 Å². The number of carbonyl (C=O) groups excluding carboxylic acids is 1. The molecule has 0 spiro atoms. The first-order valence-electron chi connectivity index (χ1n) is 5.23. The Hall–Kier alpha value is -1.46. The van der Waals surface area contributed by atoms with Crippen LogP contribution in [0.15, 0.2) is 30.3 Å². The van der Waals surface area contributed by atoms with Crippen LogP contribution < -0.4 is 5.73 Å². The van der Waals surface area contributed by atoms with Gasteiger partial charge in [0, 0.05) is 7.05 Å². The van der Waals surface area contributed by atoms with Crippen LogP contribution in [0.1, 0.15) is 5.56 Å². The van der Waals surface area contributed by atoms with Crippen molar-refractivity contribution in [3.05, 3.63) is 35.9 Å². The zero-order valence-corrected chi connectivity index (χ0v) is 10.5. The molecule has 92 valence electrons. The van der Waals surface area contributed by atoms with Gasteiger partial charge in [-0.3, -0.25) is 4.79 Å². The molecule has 17 heavy (non-hydrogen) atoms. The van der Waals surface area contributed by atoms with E-state index in [2.05, 4.69) is 0 Å². The van der Waals surface area contributed by atoms with Gasteiger partial charge in [0.2, 0.25) is 6.41 Å². The van der Waals surface area contributed by atoms with E-state index in [0.29, 0.717) is 19.6 Å². The molecular formula is C12H16N2O2S. The second kappa shape index (κ2) is 6.98. The number of rotatable bonds is 7. The van der Waals surface area contributed by atoms with Crippen LogP contribution >= 0.6 is 12.2 Å². The number of nitrogens with zero attached hydrogens (tertiary/aromatic N) is 1. The van der Waals surface area contributed by atoms with E-state index in [1.54, 1.807) is 7.05 Å². The van der Waals surface area contributed by atoms with E-state index in [0.717, 1.165) is 5.56 Å². The van der Waals surface area contributed by atoms with Crippen molar-refractivity contribution in [2.75, 3.05) is 13.7 Å². The van der Waals surface area contributed by atoms with Crippen molar-refractivity contribution in [2.24, 2.45) is 5.73 Å². The number of likely N-dealkylation sites (N-methyl/N-ethyl adjacent to an activating group) is 1. The molecule has 1 aromatic rings. The van der Waals surface area contributed by atoms with Crippen molar-refractivity contribution >= 4 is 23.6 Å². The van der Waals surface area contributed by atoms with Crippen LogP contribution in [-0.2, 0) is 16.1 Å². The fourth-order valence-corrected chi connectivity index (χ4v) is 1.57. The highest BCUT2D eigenvalue weighted by Gasteiger charge is 2.16. The van der Waals surface area contributed by atoms with Gasteiger partial charge in [-0.15, -0.1) is 0 Å². The maximum Gasteiger partial charge on any atom is 0.210 e. The van der Waals surface area contributed by atoms with E-state index in [9.17, 15) is 4.79 Å². The molecule has 0 aliphatic carbocycles. The lowest BCUT2D eigenvalue weighted by atomic mass is 10.2. The predicted molar refractivity (Wildman–Crippen MR) is 70.5 cm³/mol. The van der Waals surface area contributed by atoms with Gasteiger partial charge in [-0.05, 0) is 5.56 Å². The van der Waals surface area contributed by atoms with Crippen molar-refractivity contribution in [2.45, 2.75) is 12.6 Å². The Morgan fingerprint density at radius 3 is 2.71 bits per heavy atom. The second-order valence-corrected chi connectivity index (χ2v) is 4.16. The standard InChI is InChI=1S/C12H16N2O2S/c1-14(9-15)11(12(13)17)8-16-7-10-5-3-2-4-6-10/h2-6,9,11H,7-8H2,1H3,(H2,13,17). The summed E-state index contributed by atoms with van der Waals surface area (Å²) in [6, 6.07) is 9.42. The third-order valence-electron chi connectivity index (χ3n) is 2.37. The van der Waals surface area contributed by atoms with E-state index in [1.807, 2.05) is 30.3 Å². The number of hydrogen-bond donors (Lipinski definition) is 1. The normalized spacial score (nSPS) is 11.8. The van der Waals surface area contributed by atoms with Crippen LogP contribution in [-0.4, -0.2) is 36.0 Å². The summed E-state index contributed by atoms with van der Waals surface area (Å²) in [5.74, 6) is 0. The molecule has 2 N–H and O–H groups in total. The van der Waals surface area contributed by atoms with E-state index in [-0.39, 0.29) is 11.0 Å². The molecule has 1 aromatic carbocycles. The molecule has 1 rings (SSSR count). The molecule has 0 fully saturated rings. The minimum absolute atomic E-state index is 0.257. The quantitative estimate of drug-likeness (QED) is 0.580. The van der Waals surface area contributed by atoms with E-state index >= 15 is 0 Å². The van der Waals surface area contributed by atoms with Gasteiger partial charge in [0.15, 0.2) is 0 Å². The van der Waals surface area contributed by atoms with Crippen molar-refractivity contribution in [1.29, 1.82) is 0 Å². The number of ether oxygens (including phenoxy) is 1. The number of nitrogens with two attached hydrogens (primary N) is 1. The first-order chi connectivity index (χ1) is 8.15. The molecule has 1 unspecified atom stereocenters. The number of amides is 1. The Balaban J connectivity index is 2.43. The highest BCUT2D eigenvalue weighted by molar-refractivity contribution is 7.80.